The fraction of sp³-hybridized carbons (Fsp3) is 0.415. The summed E-state index contributed by atoms with van der Waals surface area (Å²) in [6.07, 6.45) is 16.9. The Kier molecular flexibility index (Phi) is 13.4. The summed E-state index contributed by atoms with van der Waals surface area (Å²) in [5.41, 5.74) is 4.16. The first-order valence-electron chi connectivity index (χ1n) is 18.9. The number of hydrogen-bond donors (Lipinski definition) is 3. The molecule has 0 bridgehead atoms. The summed E-state index contributed by atoms with van der Waals surface area (Å²) < 4.78 is 67.3. The normalized spacial score (nSPS) is 22.0. The second kappa shape index (κ2) is 17.6. The van der Waals surface area contributed by atoms with E-state index in [-0.39, 0.29) is 65.3 Å². The van der Waals surface area contributed by atoms with Crippen LogP contribution in [0.25, 0.3) is 0 Å². The molecule has 300 valence electrons. The van der Waals surface area contributed by atoms with Gasteiger partial charge in [0.2, 0.25) is 17.7 Å². The van der Waals surface area contributed by atoms with Crippen molar-refractivity contribution in [1.29, 1.82) is 0 Å². The molecule has 3 amide bonds. The van der Waals surface area contributed by atoms with Gasteiger partial charge >= 0.3 is 0 Å². The van der Waals surface area contributed by atoms with E-state index >= 15 is 0 Å². The van der Waals surface area contributed by atoms with Crippen molar-refractivity contribution >= 4 is 55.0 Å². The van der Waals surface area contributed by atoms with Crippen LogP contribution in [-0.2, 0) is 40.0 Å². The van der Waals surface area contributed by atoms with E-state index in [1.807, 2.05) is 63.3 Å². The van der Waals surface area contributed by atoms with Gasteiger partial charge in [-0.2, -0.15) is 16.8 Å². The van der Waals surface area contributed by atoms with Crippen molar-refractivity contribution in [3.63, 3.8) is 0 Å². The van der Waals surface area contributed by atoms with Crippen molar-refractivity contribution in [2.75, 3.05) is 24.5 Å². The lowest BCUT2D eigenvalue weighted by Gasteiger charge is -2.26. The molecule has 0 radical (unpaired) electrons. The molecule has 3 N–H and O–H groups in total. The minimum Gasteiger partial charge on any atom is -0.354 e. The first-order valence-corrected chi connectivity index (χ1v) is 21.8. The number of allylic oxidation sites excluding steroid dienone is 8. The summed E-state index contributed by atoms with van der Waals surface area (Å²) in [7, 11) is -8.81. The van der Waals surface area contributed by atoms with Crippen molar-refractivity contribution in [2.45, 2.75) is 93.8 Å². The van der Waals surface area contributed by atoms with E-state index in [2.05, 4.69) is 10.2 Å². The SMILES string of the molecule is CCCN1/C(=C/C=C/C=C/C=C/C2=Nc3ccc(S(=O)(=O)O)cc3C2(C)CCC)[C@@H](CCCC(=O)NCCN2C(=O)CC(C)C2=O)c2cc(S(=O)(=O)O)ccc21. The number of fused-ring (bicyclic) bond motifs is 2. The van der Waals surface area contributed by atoms with Crippen molar-refractivity contribution < 1.29 is 40.3 Å². The largest absolute Gasteiger partial charge is 0.354 e. The van der Waals surface area contributed by atoms with Crippen LogP contribution in [-0.4, -0.2) is 73.9 Å². The number of benzene rings is 2. The molecule has 0 aliphatic carbocycles. The fourth-order valence-electron chi connectivity index (χ4n) is 7.72. The van der Waals surface area contributed by atoms with Gasteiger partial charge in [-0.1, -0.05) is 57.6 Å². The molecule has 3 aliphatic heterocycles. The lowest BCUT2D eigenvalue weighted by atomic mass is 9.76. The number of rotatable bonds is 17. The molecule has 15 heteroatoms. The Hall–Kier alpha value is -4.70. The summed E-state index contributed by atoms with van der Waals surface area (Å²) >= 11 is 0. The number of imide groups is 1. The molecular formula is C41H50N4O9S2. The number of carbonyl (C=O) groups is 3. The van der Waals surface area contributed by atoms with Crippen LogP contribution in [0.15, 0.2) is 99.4 Å². The monoisotopic (exact) mass is 806 g/mol. The first-order chi connectivity index (χ1) is 26.5. The van der Waals surface area contributed by atoms with Gasteiger partial charge in [-0.15, -0.1) is 0 Å². The molecule has 3 atom stereocenters. The predicted molar refractivity (Wildman–Crippen MR) is 215 cm³/mol. The second-order valence-corrected chi connectivity index (χ2v) is 17.4. The highest BCUT2D eigenvalue weighted by Gasteiger charge is 2.38. The Morgan fingerprint density at radius 1 is 0.929 bits per heavy atom. The van der Waals surface area contributed by atoms with Gasteiger partial charge in [0.25, 0.3) is 20.2 Å². The molecule has 0 aromatic heterocycles. The molecule has 0 spiro atoms. The number of carbonyl (C=O) groups excluding carboxylic acids is 3. The molecule has 13 nitrogen and oxygen atoms in total. The third kappa shape index (κ3) is 9.45. The Balaban J connectivity index is 1.29. The van der Waals surface area contributed by atoms with Gasteiger partial charge in [0.05, 0.1) is 21.2 Å². The molecule has 0 saturated carbocycles. The zero-order valence-electron chi connectivity index (χ0n) is 32.1. The van der Waals surface area contributed by atoms with Gasteiger partial charge in [-0.05, 0) is 92.3 Å². The molecule has 3 heterocycles. The standard InChI is InChI=1S/C41H50N4O9S2/c1-5-21-41(4)33-27-30(56(52,53)54)17-19-34(33)43-37(41)15-11-9-7-8-10-14-35-31(32-26-29(55(49,50)51)18-20-36(32)44(35)23-6-2)13-12-16-38(46)42-22-24-45-39(47)25-28(3)40(45)48/h7-11,14-15,17-20,26-28,31H,5-6,12-13,16,21-25H2,1-4H3,(H,42,46)(H,49,50,51)(H,52,53,54)/b9-7+,10-8+,15-11+,35-14+/t28?,31-,41?/m0/s1. The van der Waals surface area contributed by atoms with Crippen molar-refractivity contribution in [1.82, 2.24) is 10.2 Å². The highest BCUT2D eigenvalue weighted by Crippen LogP contribution is 2.47. The molecule has 2 aromatic carbocycles. The summed E-state index contributed by atoms with van der Waals surface area (Å²) in [6.45, 7) is 8.76. The third-order valence-electron chi connectivity index (χ3n) is 10.5. The zero-order valence-corrected chi connectivity index (χ0v) is 33.8. The summed E-state index contributed by atoms with van der Waals surface area (Å²) in [5.74, 6) is -1.30. The van der Waals surface area contributed by atoms with E-state index in [1.165, 1.54) is 29.2 Å². The van der Waals surface area contributed by atoms with E-state index in [9.17, 15) is 40.3 Å². The summed E-state index contributed by atoms with van der Waals surface area (Å²) in [4.78, 5) is 44.7. The van der Waals surface area contributed by atoms with Crippen LogP contribution < -0.4 is 10.2 Å². The van der Waals surface area contributed by atoms with Crippen molar-refractivity contribution in [3.05, 3.63) is 95.8 Å². The number of aliphatic imine (C=N–C) groups is 1. The van der Waals surface area contributed by atoms with Crippen LogP contribution in [0.2, 0.25) is 0 Å². The molecule has 1 saturated heterocycles. The number of amides is 3. The molecule has 2 aromatic rings. The van der Waals surface area contributed by atoms with Gasteiger partial charge in [-0.25, -0.2) is 0 Å². The second-order valence-electron chi connectivity index (χ2n) is 14.6. The topological polar surface area (TPSA) is 191 Å². The predicted octanol–water partition coefficient (Wildman–Crippen LogP) is 6.57. The van der Waals surface area contributed by atoms with E-state index in [0.717, 1.165) is 47.5 Å². The van der Waals surface area contributed by atoms with Crippen LogP contribution in [0.3, 0.4) is 0 Å². The van der Waals surface area contributed by atoms with Crippen molar-refractivity contribution in [3.8, 4) is 0 Å². The lowest BCUT2D eigenvalue weighted by Crippen LogP contribution is -2.38. The average molecular weight is 807 g/mol. The summed E-state index contributed by atoms with van der Waals surface area (Å²) in [6, 6.07) is 9.04. The number of nitrogens with one attached hydrogen (secondary N) is 1. The van der Waals surface area contributed by atoms with Gasteiger partial charge in [-0.3, -0.25) is 33.4 Å². The summed E-state index contributed by atoms with van der Waals surface area (Å²) in [5, 5.41) is 2.79. The quantitative estimate of drug-likeness (QED) is 0.0895. The Morgan fingerprint density at radius 2 is 1.61 bits per heavy atom. The van der Waals surface area contributed by atoms with Gasteiger partial charge in [0.15, 0.2) is 0 Å². The van der Waals surface area contributed by atoms with Gasteiger partial charge < -0.3 is 10.2 Å². The molecule has 5 rings (SSSR count). The number of anilines is 1. The van der Waals surface area contributed by atoms with E-state index in [0.29, 0.717) is 25.1 Å². The fourth-order valence-corrected chi connectivity index (χ4v) is 8.74. The molecular weight excluding hydrogens is 757 g/mol. The highest BCUT2D eigenvalue weighted by atomic mass is 32.2. The molecule has 56 heavy (non-hydrogen) atoms. The highest BCUT2D eigenvalue weighted by molar-refractivity contribution is 7.86. The minimum atomic E-state index is -4.45. The Morgan fingerprint density at radius 3 is 2.27 bits per heavy atom. The maximum absolute atomic E-state index is 12.8. The minimum absolute atomic E-state index is 0.124. The average Bonchev–Trinajstić information content (AvgIpc) is 3.67. The Bertz CT molecular complexity index is 2240. The third-order valence-corrected chi connectivity index (χ3v) is 12.2. The lowest BCUT2D eigenvalue weighted by molar-refractivity contribution is -0.139. The smallest absolute Gasteiger partial charge is 0.294 e. The van der Waals surface area contributed by atoms with E-state index in [1.54, 1.807) is 19.1 Å². The van der Waals surface area contributed by atoms with Crippen LogP contribution in [0.5, 0.6) is 0 Å². The van der Waals surface area contributed by atoms with Crippen molar-refractivity contribution in [2.24, 2.45) is 10.9 Å². The maximum atomic E-state index is 12.8. The molecule has 2 unspecified atom stereocenters. The van der Waals surface area contributed by atoms with Crippen LogP contribution in [0, 0.1) is 5.92 Å². The van der Waals surface area contributed by atoms with Crippen LogP contribution in [0.4, 0.5) is 11.4 Å². The van der Waals surface area contributed by atoms with E-state index < -0.39 is 25.7 Å². The van der Waals surface area contributed by atoms with E-state index in [4.69, 9.17) is 4.99 Å². The van der Waals surface area contributed by atoms with Gasteiger partial charge in [0.1, 0.15) is 0 Å². The number of hydrogen-bond acceptors (Lipinski definition) is 9. The molecule has 3 aliphatic rings. The maximum Gasteiger partial charge on any atom is 0.294 e. The van der Waals surface area contributed by atoms with Gasteiger partial charge in [0, 0.05) is 61.1 Å². The number of nitrogens with zero attached hydrogens (tertiary/aromatic N) is 3. The zero-order chi connectivity index (χ0) is 40.8. The Labute approximate surface area is 329 Å². The first kappa shape index (κ1) is 42.4. The number of likely N-dealkylation sites (tertiary alicyclic amines) is 1. The van der Waals surface area contributed by atoms with Crippen LogP contribution >= 0.6 is 0 Å². The van der Waals surface area contributed by atoms with Crippen LogP contribution in [0.1, 0.15) is 89.7 Å². The molecule has 1 fully saturated rings.